The van der Waals surface area contributed by atoms with Gasteiger partial charge in [-0.2, -0.15) is 0 Å². The van der Waals surface area contributed by atoms with Crippen molar-refractivity contribution in [3.63, 3.8) is 0 Å². The molecule has 0 saturated heterocycles. The molecule has 0 aromatic carbocycles. The van der Waals surface area contributed by atoms with Crippen molar-refractivity contribution in [1.82, 2.24) is 0 Å². The predicted molar refractivity (Wildman–Crippen MR) is 101 cm³/mol. The van der Waals surface area contributed by atoms with Gasteiger partial charge in [0.1, 0.15) is 0 Å². The lowest BCUT2D eigenvalue weighted by Gasteiger charge is -2.62. The normalized spacial score (nSPS) is 56.1. The lowest BCUT2D eigenvalue weighted by Crippen LogP contribution is -2.55. The number of carbonyl (C=O) groups is 1. The largest absolute Gasteiger partial charge is 0.465 e. The molecule has 8 aliphatic carbocycles. The van der Waals surface area contributed by atoms with Gasteiger partial charge in [-0.1, -0.05) is 13.3 Å². The average Bonchev–Trinajstić information content (AvgIpc) is 2.57. The molecule has 8 bridgehead atoms. The second-order valence-electron chi connectivity index (χ2n) is 12.1. The standard InChI is InChI=1S/C24H36O2/c1-2-22-7-19-6-20(8-22)10-23(9-19,14-22)15-26-21(25)24-11-16-3-17(12-24)5-18(4-16)13-24/h16-20H,2-15H2,1H3. The van der Waals surface area contributed by atoms with Gasteiger partial charge in [-0.05, 0) is 112 Å². The first-order chi connectivity index (χ1) is 12.5. The SMILES string of the molecule is CCC12CC3CC(C1)CC(COC(=O)C14CC5CC(CC(C5)C1)C4)(C3)C2. The van der Waals surface area contributed by atoms with Crippen LogP contribution in [0.1, 0.15) is 90.4 Å². The molecule has 8 saturated carbocycles. The van der Waals surface area contributed by atoms with Crippen LogP contribution in [0.5, 0.6) is 0 Å². The van der Waals surface area contributed by atoms with E-state index < -0.39 is 0 Å². The number of ether oxygens (including phenoxy) is 1. The van der Waals surface area contributed by atoms with Gasteiger partial charge in [0.05, 0.1) is 12.0 Å². The second kappa shape index (κ2) is 5.29. The van der Waals surface area contributed by atoms with Gasteiger partial charge in [-0.3, -0.25) is 4.79 Å². The van der Waals surface area contributed by atoms with Crippen LogP contribution in [0.4, 0.5) is 0 Å². The van der Waals surface area contributed by atoms with E-state index in [9.17, 15) is 4.79 Å². The fourth-order valence-electron chi connectivity index (χ4n) is 9.96. The summed E-state index contributed by atoms with van der Waals surface area (Å²) in [6, 6.07) is 0. The lowest BCUT2D eigenvalue weighted by atomic mass is 9.44. The van der Waals surface area contributed by atoms with Crippen molar-refractivity contribution in [2.24, 2.45) is 45.8 Å². The molecule has 0 aromatic heterocycles. The topological polar surface area (TPSA) is 26.3 Å². The van der Waals surface area contributed by atoms with Gasteiger partial charge in [0.25, 0.3) is 0 Å². The van der Waals surface area contributed by atoms with Gasteiger partial charge < -0.3 is 4.74 Å². The molecule has 0 radical (unpaired) electrons. The minimum absolute atomic E-state index is 0.0700. The summed E-state index contributed by atoms with van der Waals surface area (Å²) in [6.07, 6.45) is 17.4. The molecular weight excluding hydrogens is 320 g/mol. The molecular formula is C24H36O2. The minimum Gasteiger partial charge on any atom is -0.465 e. The van der Waals surface area contributed by atoms with E-state index >= 15 is 0 Å². The van der Waals surface area contributed by atoms with Crippen molar-refractivity contribution in [2.45, 2.75) is 90.4 Å². The second-order valence-corrected chi connectivity index (χ2v) is 12.1. The fourth-order valence-corrected chi connectivity index (χ4v) is 9.96. The molecule has 26 heavy (non-hydrogen) atoms. The van der Waals surface area contributed by atoms with Crippen LogP contribution in [0.15, 0.2) is 0 Å². The molecule has 8 rings (SSSR count). The van der Waals surface area contributed by atoms with Crippen molar-refractivity contribution in [2.75, 3.05) is 6.61 Å². The molecule has 0 spiro atoms. The van der Waals surface area contributed by atoms with E-state index in [-0.39, 0.29) is 11.4 Å². The van der Waals surface area contributed by atoms with Gasteiger partial charge in [0.15, 0.2) is 0 Å². The summed E-state index contributed by atoms with van der Waals surface area (Å²) in [5, 5.41) is 0. The molecule has 0 N–H and O–H groups in total. The summed E-state index contributed by atoms with van der Waals surface area (Å²) in [6.45, 7) is 3.16. The summed E-state index contributed by atoms with van der Waals surface area (Å²) in [4.78, 5) is 13.3. The highest BCUT2D eigenvalue weighted by Gasteiger charge is 2.59. The summed E-state index contributed by atoms with van der Waals surface area (Å²) in [5.74, 6) is 4.56. The molecule has 8 fully saturated rings. The van der Waals surface area contributed by atoms with Crippen LogP contribution in [0.25, 0.3) is 0 Å². The van der Waals surface area contributed by atoms with Crippen LogP contribution in [-0.2, 0) is 9.53 Å². The van der Waals surface area contributed by atoms with E-state index in [0.717, 1.165) is 55.5 Å². The fraction of sp³-hybridized carbons (Fsp3) is 0.958. The molecule has 2 atom stereocenters. The Balaban J connectivity index is 1.18. The summed E-state index contributed by atoms with van der Waals surface area (Å²) in [7, 11) is 0. The number of hydrogen-bond donors (Lipinski definition) is 0. The van der Waals surface area contributed by atoms with Crippen molar-refractivity contribution < 1.29 is 9.53 Å². The lowest BCUT2D eigenvalue weighted by molar-refractivity contribution is -0.186. The van der Waals surface area contributed by atoms with Crippen LogP contribution in [0.2, 0.25) is 0 Å². The van der Waals surface area contributed by atoms with Crippen molar-refractivity contribution >= 4 is 5.97 Å². The third-order valence-corrected chi connectivity index (χ3v) is 10.0. The molecule has 0 aliphatic heterocycles. The van der Waals surface area contributed by atoms with Gasteiger partial charge in [0, 0.05) is 5.41 Å². The molecule has 2 heteroatoms. The maximum absolute atomic E-state index is 13.3. The third kappa shape index (κ3) is 2.32. The van der Waals surface area contributed by atoms with Gasteiger partial charge >= 0.3 is 5.97 Å². The van der Waals surface area contributed by atoms with Crippen LogP contribution < -0.4 is 0 Å². The smallest absolute Gasteiger partial charge is 0.312 e. The number of carbonyl (C=O) groups excluding carboxylic acids is 1. The van der Waals surface area contributed by atoms with Crippen LogP contribution in [0.3, 0.4) is 0 Å². The Bertz CT molecular complexity index is 570. The Morgan fingerprint density at radius 2 is 1.27 bits per heavy atom. The van der Waals surface area contributed by atoms with Gasteiger partial charge in [-0.25, -0.2) is 0 Å². The number of hydrogen-bond acceptors (Lipinski definition) is 2. The van der Waals surface area contributed by atoms with E-state index in [1.54, 1.807) is 0 Å². The van der Waals surface area contributed by atoms with E-state index in [0.29, 0.717) is 10.8 Å². The summed E-state index contributed by atoms with van der Waals surface area (Å²) in [5.41, 5.74) is 0.870. The molecule has 0 heterocycles. The molecule has 0 aromatic rings. The van der Waals surface area contributed by atoms with E-state index in [1.165, 1.54) is 64.2 Å². The van der Waals surface area contributed by atoms with Crippen molar-refractivity contribution in [3.05, 3.63) is 0 Å². The Hall–Kier alpha value is -0.530. The van der Waals surface area contributed by atoms with E-state index in [2.05, 4.69) is 6.92 Å². The van der Waals surface area contributed by atoms with E-state index in [1.807, 2.05) is 0 Å². The van der Waals surface area contributed by atoms with Crippen LogP contribution in [0, 0.1) is 45.8 Å². The Morgan fingerprint density at radius 1 is 0.769 bits per heavy atom. The monoisotopic (exact) mass is 356 g/mol. The Labute approximate surface area is 158 Å². The Morgan fingerprint density at radius 3 is 1.81 bits per heavy atom. The molecule has 8 aliphatic rings. The Kier molecular flexibility index (Phi) is 3.34. The van der Waals surface area contributed by atoms with E-state index in [4.69, 9.17) is 4.74 Å². The summed E-state index contributed by atoms with van der Waals surface area (Å²) >= 11 is 0. The average molecular weight is 357 g/mol. The van der Waals surface area contributed by atoms with Crippen LogP contribution >= 0.6 is 0 Å². The molecule has 2 unspecified atom stereocenters. The van der Waals surface area contributed by atoms with Crippen molar-refractivity contribution in [1.29, 1.82) is 0 Å². The molecule has 0 amide bonds. The number of esters is 1. The zero-order valence-corrected chi connectivity index (χ0v) is 16.6. The first kappa shape index (κ1) is 16.4. The van der Waals surface area contributed by atoms with Crippen molar-refractivity contribution in [3.8, 4) is 0 Å². The maximum atomic E-state index is 13.3. The highest BCUT2D eigenvalue weighted by atomic mass is 16.5. The molecule has 144 valence electrons. The first-order valence-electron chi connectivity index (χ1n) is 11.7. The van der Waals surface area contributed by atoms with Crippen LogP contribution in [-0.4, -0.2) is 12.6 Å². The summed E-state index contributed by atoms with van der Waals surface area (Å²) < 4.78 is 6.26. The third-order valence-electron chi connectivity index (χ3n) is 10.0. The van der Waals surface area contributed by atoms with Gasteiger partial charge in [0.2, 0.25) is 0 Å². The van der Waals surface area contributed by atoms with Gasteiger partial charge in [-0.15, -0.1) is 0 Å². The highest BCUT2D eigenvalue weighted by Crippen LogP contribution is 2.66. The quantitative estimate of drug-likeness (QED) is 0.600. The number of rotatable bonds is 4. The zero-order chi connectivity index (χ0) is 17.6. The highest BCUT2D eigenvalue weighted by molar-refractivity contribution is 5.77. The zero-order valence-electron chi connectivity index (χ0n) is 16.6. The molecule has 2 nitrogen and oxygen atoms in total. The first-order valence-corrected chi connectivity index (χ1v) is 11.7. The minimum atomic E-state index is -0.0700. The maximum Gasteiger partial charge on any atom is 0.312 e. The predicted octanol–water partition coefficient (Wildman–Crippen LogP) is 5.74.